The maximum Gasteiger partial charge on any atom is 0.271 e. The molecule has 5 heteroatoms. The minimum absolute atomic E-state index is 0.0823. The first-order valence-electron chi connectivity index (χ1n) is 5.81. The number of nitro groups is 1. The highest BCUT2D eigenvalue weighted by atomic mass is 16.6. The van der Waals surface area contributed by atoms with Crippen LogP contribution in [0.2, 0.25) is 0 Å². The molecule has 1 N–H and O–H groups in total. The Kier molecular flexibility index (Phi) is 3.69. The van der Waals surface area contributed by atoms with Gasteiger partial charge in [-0.15, -0.1) is 0 Å². The van der Waals surface area contributed by atoms with E-state index >= 15 is 0 Å². The van der Waals surface area contributed by atoms with Gasteiger partial charge in [0.2, 0.25) is 0 Å². The highest BCUT2D eigenvalue weighted by molar-refractivity contribution is 5.85. The Morgan fingerprint density at radius 2 is 2.00 bits per heavy atom. The van der Waals surface area contributed by atoms with Gasteiger partial charge in [0.1, 0.15) is 0 Å². The van der Waals surface area contributed by atoms with E-state index < -0.39 is 4.92 Å². The van der Waals surface area contributed by atoms with Gasteiger partial charge in [-0.1, -0.05) is 12.5 Å². The molecule has 0 spiro atoms. The molecule has 0 atom stereocenters. The molecule has 1 fully saturated rings. The van der Waals surface area contributed by atoms with Crippen LogP contribution in [0.15, 0.2) is 29.4 Å². The molecule has 17 heavy (non-hydrogen) atoms. The number of nitrogens with zero attached hydrogens (tertiary/aromatic N) is 2. The van der Waals surface area contributed by atoms with Gasteiger partial charge >= 0.3 is 0 Å². The fourth-order valence-electron chi connectivity index (χ4n) is 1.90. The maximum absolute atomic E-state index is 10.6. The van der Waals surface area contributed by atoms with E-state index in [1.165, 1.54) is 31.4 Å². The molecule has 0 unspecified atom stereocenters. The van der Waals surface area contributed by atoms with E-state index in [9.17, 15) is 10.1 Å². The molecular weight excluding hydrogens is 218 g/mol. The quantitative estimate of drug-likeness (QED) is 0.643. The van der Waals surface area contributed by atoms with Crippen LogP contribution in [0.5, 0.6) is 0 Å². The third-order valence-corrected chi connectivity index (χ3v) is 2.83. The molecule has 0 amide bonds. The molecule has 5 nitrogen and oxygen atoms in total. The monoisotopic (exact) mass is 233 g/mol. The zero-order valence-electron chi connectivity index (χ0n) is 9.56. The van der Waals surface area contributed by atoms with Crippen molar-refractivity contribution in [3.63, 3.8) is 0 Å². The van der Waals surface area contributed by atoms with Crippen LogP contribution in [0, 0.1) is 10.1 Å². The highest BCUT2D eigenvalue weighted by Crippen LogP contribution is 2.18. The van der Waals surface area contributed by atoms with Gasteiger partial charge < -0.3 is 0 Å². The fourth-order valence-corrected chi connectivity index (χ4v) is 1.90. The Labute approximate surface area is 99.7 Å². The van der Waals surface area contributed by atoms with Crippen LogP contribution in [0.4, 0.5) is 11.4 Å². The summed E-state index contributed by atoms with van der Waals surface area (Å²) in [5.41, 5.74) is 4.79. The van der Waals surface area contributed by atoms with E-state index in [0.29, 0.717) is 5.69 Å². The van der Waals surface area contributed by atoms with Gasteiger partial charge in [-0.2, -0.15) is 5.10 Å². The fraction of sp³-hybridized carbons (Fsp3) is 0.417. The molecule has 2 rings (SSSR count). The van der Waals surface area contributed by atoms with E-state index in [4.69, 9.17) is 0 Å². The Bertz CT molecular complexity index is 435. The van der Waals surface area contributed by atoms with Crippen molar-refractivity contribution in [2.75, 3.05) is 5.43 Å². The summed E-state index contributed by atoms with van der Waals surface area (Å²) in [6.45, 7) is 0. The van der Waals surface area contributed by atoms with Crippen LogP contribution in [-0.4, -0.2) is 10.6 Å². The van der Waals surface area contributed by atoms with Gasteiger partial charge in [0.25, 0.3) is 5.69 Å². The third-order valence-electron chi connectivity index (χ3n) is 2.83. The summed E-state index contributed by atoms with van der Waals surface area (Å²) in [5.74, 6) is 0. The normalized spacial score (nSPS) is 15.4. The number of nitro benzene ring substituents is 1. The lowest BCUT2D eigenvalue weighted by atomic mass is 9.99. The predicted octanol–water partition coefficient (Wildman–Crippen LogP) is 3.33. The molecule has 0 aromatic heterocycles. The largest absolute Gasteiger partial charge is 0.278 e. The van der Waals surface area contributed by atoms with Crippen LogP contribution in [0.25, 0.3) is 0 Å². The lowest BCUT2D eigenvalue weighted by molar-refractivity contribution is -0.384. The lowest BCUT2D eigenvalue weighted by Crippen LogP contribution is -2.07. The lowest BCUT2D eigenvalue weighted by Gasteiger charge is -2.12. The van der Waals surface area contributed by atoms with Crippen molar-refractivity contribution in [3.8, 4) is 0 Å². The smallest absolute Gasteiger partial charge is 0.271 e. The highest BCUT2D eigenvalue weighted by Gasteiger charge is 2.07. The molecular formula is C12H15N3O2. The van der Waals surface area contributed by atoms with Gasteiger partial charge in [-0.05, 0) is 31.7 Å². The van der Waals surface area contributed by atoms with Crippen molar-refractivity contribution in [2.24, 2.45) is 5.10 Å². The summed E-state index contributed by atoms with van der Waals surface area (Å²) in [7, 11) is 0. The minimum Gasteiger partial charge on any atom is -0.278 e. The van der Waals surface area contributed by atoms with Crippen LogP contribution < -0.4 is 5.43 Å². The number of rotatable bonds is 3. The second-order valence-electron chi connectivity index (χ2n) is 4.16. The van der Waals surface area contributed by atoms with Gasteiger partial charge in [-0.25, -0.2) is 0 Å². The number of anilines is 1. The van der Waals surface area contributed by atoms with Crippen LogP contribution >= 0.6 is 0 Å². The Hall–Kier alpha value is -1.91. The summed E-state index contributed by atoms with van der Waals surface area (Å²) in [5, 5.41) is 14.9. The standard InChI is InChI=1S/C12H15N3O2/c16-15(17)12-8-4-7-11(9-12)14-13-10-5-2-1-3-6-10/h4,7-9,14H,1-3,5-6H2. The van der Waals surface area contributed by atoms with Crippen molar-refractivity contribution in [2.45, 2.75) is 32.1 Å². The van der Waals surface area contributed by atoms with Crippen molar-refractivity contribution < 1.29 is 4.92 Å². The average Bonchev–Trinajstić information content (AvgIpc) is 2.38. The van der Waals surface area contributed by atoms with Gasteiger partial charge in [0.05, 0.1) is 10.6 Å². The zero-order chi connectivity index (χ0) is 12.1. The minimum atomic E-state index is -0.404. The Morgan fingerprint density at radius 1 is 1.24 bits per heavy atom. The number of hydrogen-bond acceptors (Lipinski definition) is 4. The number of hydrazone groups is 1. The first-order chi connectivity index (χ1) is 8.25. The van der Waals surface area contributed by atoms with E-state index in [1.807, 2.05) is 0 Å². The zero-order valence-corrected chi connectivity index (χ0v) is 9.56. The molecule has 1 aromatic rings. The first-order valence-corrected chi connectivity index (χ1v) is 5.81. The van der Waals surface area contributed by atoms with Crippen molar-refractivity contribution >= 4 is 17.1 Å². The SMILES string of the molecule is O=[N+]([O-])c1cccc(NN=C2CCCCC2)c1. The predicted molar refractivity (Wildman–Crippen MR) is 67.2 cm³/mol. The topological polar surface area (TPSA) is 67.5 Å². The number of non-ortho nitro benzene ring substituents is 1. The summed E-state index contributed by atoms with van der Waals surface area (Å²) < 4.78 is 0. The van der Waals surface area contributed by atoms with E-state index in [0.717, 1.165) is 18.6 Å². The van der Waals surface area contributed by atoms with E-state index in [-0.39, 0.29) is 5.69 Å². The van der Waals surface area contributed by atoms with Gasteiger partial charge in [0.15, 0.2) is 0 Å². The molecule has 1 saturated carbocycles. The average molecular weight is 233 g/mol. The van der Waals surface area contributed by atoms with Crippen molar-refractivity contribution in [1.82, 2.24) is 0 Å². The number of nitrogens with one attached hydrogen (secondary N) is 1. The molecule has 0 saturated heterocycles. The maximum atomic E-state index is 10.6. The number of hydrogen-bond donors (Lipinski definition) is 1. The molecule has 0 aliphatic heterocycles. The molecule has 1 aliphatic carbocycles. The summed E-state index contributed by atoms with van der Waals surface area (Å²) in [4.78, 5) is 10.2. The van der Waals surface area contributed by atoms with Gasteiger partial charge in [0, 0.05) is 17.8 Å². The molecule has 1 aromatic carbocycles. The Balaban J connectivity index is 2.03. The van der Waals surface area contributed by atoms with Crippen LogP contribution in [0.3, 0.4) is 0 Å². The molecule has 0 bridgehead atoms. The molecule has 1 aliphatic rings. The van der Waals surface area contributed by atoms with E-state index in [2.05, 4.69) is 10.5 Å². The van der Waals surface area contributed by atoms with E-state index in [1.54, 1.807) is 12.1 Å². The summed E-state index contributed by atoms with van der Waals surface area (Å²) in [6.07, 6.45) is 5.71. The molecule has 0 heterocycles. The third kappa shape index (κ3) is 3.27. The van der Waals surface area contributed by atoms with Crippen LogP contribution in [0.1, 0.15) is 32.1 Å². The van der Waals surface area contributed by atoms with Crippen LogP contribution in [-0.2, 0) is 0 Å². The Morgan fingerprint density at radius 3 is 2.71 bits per heavy atom. The van der Waals surface area contributed by atoms with Gasteiger partial charge in [-0.3, -0.25) is 15.5 Å². The molecule has 0 radical (unpaired) electrons. The summed E-state index contributed by atoms with van der Waals surface area (Å²) in [6, 6.07) is 6.40. The second kappa shape index (κ2) is 5.43. The second-order valence-corrected chi connectivity index (χ2v) is 4.16. The van der Waals surface area contributed by atoms with Crippen molar-refractivity contribution in [1.29, 1.82) is 0 Å². The molecule has 90 valence electrons. The first kappa shape index (κ1) is 11.6. The number of benzene rings is 1. The van der Waals surface area contributed by atoms with Crippen molar-refractivity contribution in [3.05, 3.63) is 34.4 Å². The summed E-state index contributed by atoms with van der Waals surface area (Å²) >= 11 is 0.